The van der Waals surface area contributed by atoms with E-state index in [9.17, 15) is 22.8 Å². The monoisotopic (exact) mass is 598 g/mol. The molecular formula is C25H31ClN4O7S2. The summed E-state index contributed by atoms with van der Waals surface area (Å²) >= 11 is 7.02. The standard InChI is InChI=1S/C25H31ClN4O7S2/c1-3-17-19(30-10-12-37-15-23(30)31)5-4-6-21(17)39(34,35)28-18(25(33)29-9-11-36-14-16(29)2)13-27-24(32)20-7-8-22(26)38-20/h4-8,16,18,28H,3,9-15H2,1-2H3,(H,27,32)/t16-,18-/m0/s1. The number of anilines is 1. The second kappa shape index (κ2) is 12.7. The summed E-state index contributed by atoms with van der Waals surface area (Å²) in [4.78, 5) is 42.1. The molecule has 0 aliphatic carbocycles. The first kappa shape index (κ1) is 29.4. The van der Waals surface area contributed by atoms with Gasteiger partial charge in [-0.2, -0.15) is 4.72 Å². The van der Waals surface area contributed by atoms with Gasteiger partial charge >= 0.3 is 0 Å². The van der Waals surface area contributed by atoms with E-state index >= 15 is 0 Å². The van der Waals surface area contributed by atoms with E-state index in [4.69, 9.17) is 21.1 Å². The van der Waals surface area contributed by atoms with Crippen molar-refractivity contribution >= 4 is 56.4 Å². The Balaban J connectivity index is 1.63. The average molecular weight is 599 g/mol. The van der Waals surface area contributed by atoms with Crippen molar-refractivity contribution in [3.8, 4) is 0 Å². The van der Waals surface area contributed by atoms with Crippen LogP contribution in [-0.2, 0) is 35.5 Å². The van der Waals surface area contributed by atoms with Crippen LogP contribution in [0.5, 0.6) is 0 Å². The smallest absolute Gasteiger partial charge is 0.261 e. The number of halogens is 1. The summed E-state index contributed by atoms with van der Waals surface area (Å²) in [6, 6.07) is 6.29. The average Bonchev–Trinajstić information content (AvgIpc) is 3.37. The molecule has 11 nitrogen and oxygen atoms in total. The normalized spacial score (nSPS) is 19.2. The molecule has 39 heavy (non-hydrogen) atoms. The Morgan fingerprint density at radius 3 is 2.62 bits per heavy atom. The second-order valence-corrected chi connectivity index (χ2v) is 12.5. The van der Waals surface area contributed by atoms with E-state index in [-0.39, 0.29) is 30.0 Å². The van der Waals surface area contributed by atoms with Gasteiger partial charge in [0, 0.05) is 25.3 Å². The number of hydrogen-bond donors (Lipinski definition) is 2. The van der Waals surface area contributed by atoms with Crippen molar-refractivity contribution in [1.82, 2.24) is 14.9 Å². The first-order valence-electron chi connectivity index (χ1n) is 12.6. The lowest BCUT2D eigenvalue weighted by Crippen LogP contribution is -2.58. The predicted molar refractivity (Wildman–Crippen MR) is 147 cm³/mol. The van der Waals surface area contributed by atoms with E-state index in [1.54, 1.807) is 36.1 Å². The van der Waals surface area contributed by atoms with Crippen LogP contribution in [-0.4, -0.2) is 89.2 Å². The summed E-state index contributed by atoms with van der Waals surface area (Å²) in [5, 5.41) is 2.66. The summed E-state index contributed by atoms with van der Waals surface area (Å²) < 4.78 is 41.1. The number of carbonyl (C=O) groups is 3. The van der Waals surface area contributed by atoms with Gasteiger partial charge in [-0.15, -0.1) is 11.3 Å². The van der Waals surface area contributed by atoms with E-state index in [0.29, 0.717) is 59.8 Å². The van der Waals surface area contributed by atoms with Crippen molar-refractivity contribution in [2.45, 2.75) is 37.2 Å². The van der Waals surface area contributed by atoms with Crippen LogP contribution in [0.4, 0.5) is 5.69 Å². The third-order valence-corrected chi connectivity index (χ3v) is 9.32. The molecule has 212 valence electrons. The van der Waals surface area contributed by atoms with E-state index in [1.807, 2.05) is 6.92 Å². The zero-order valence-corrected chi connectivity index (χ0v) is 24.0. The maximum absolute atomic E-state index is 13.8. The van der Waals surface area contributed by atoms with Gasteiger partial charge in [0.05, 0.1) is 40.0 Å². The Kier molecular flexibility index (Phi) is 9.62. The molecule has 2 aliphatic heterocycles. The topological polar surface area (TPSA) is 134 Å². The molecule has 2 aliphatic rings. The van der Waals surface area contributed by atoms with E-state index in [1.165, 1.54) is 11.0 Å². The van der Waals surface area contributed by atoms with Crippen LogP contribution in [0.2, 0.25) is 4.34 Å². The number of hydrogen-bond acceptors (Lipinski definition) is 8. The third-order valence-electron chi connectivity index (χ3n) is 6.54. The Labute approximate surface area is 236 Å². The maximum atomic E-state index is 13.8. The number of nitrogens with one attached hydrogen (secondary N) is 2. The Morgan fingerprint density at radius 1 is 1.18 bits per heavy atom. The molecule has 0 unspecified atom stereocenters. The molecule has 14 heteroatoms. The van der Waals surface area contributed by atoms with Gasteiger partial charge in [-0.3, -0.25) is 14.4 Å². The third kappa shape index (κ3) is 6.79. The molecule has 0 radical (unpaired) electrons. The summed E-state index contributed by atoms with van der Waals surface area (Å²) in [6.45, 7) is 4.83. The van der Waals surface area contributed by atoms with Crippen LogP contribution in [0.25, 0.3) is 0 Å². The van der Waals surface area contributed by atoms with Crippen LogP contribution < -0.4 is 14.9 Å². The SMILES string of the molecule is CCc1c(N2CCOCC2=O)cccc1S(=O)(=O)N[C@@H](CNC(=O)c1ccc(Cl)s1)C(=O)N1CCOC[C@@H]1C. The van der Waals surface area contributed by atoms with Crippen molar-refractivity contribution in [3.05, 3.63) is 45.1 Å². The maximum Gasteiger partial charge on any atom is 0.261 e. The van der Waals surface area contributed by atoms with E-state index < -0.39 is 27.9 Å². The minimum atomic E-state index is -4.26. The first-order chi connectivity index (χ1) is 18.6. The molecule has 3 heterocycles. The van der Waals surface area contributed by atoms with Gasteiger partial charge in [0.1, 0.15) is 12.6 Å². The number of morpholine rings is 2. The number of benzene rings is 1. The second-order valence-electron chi connectivity index (χ2n) is 9.15. The Bertz CT molecular complexity index is 1330. The van der Waals surface area contributed by atoms with Crippen molar-refractivity contribution in [2.24, 2.45) is 0 Å². The van der Waals surface area contributed by atoms with Crippen molar-refractivity contribution in [1.29, 1.82) is 0 Å². The van der Waals surface area contributed by atoms with Crippen LogP contribution in [0.3, 0.4) is 0 Å². The molecule has 2 atom stereocenters. The molecule has 1 aromatic carbocycles. The Morgan fingerprint density at radius 2 is 1.95 bits per heavy atom. The first-order valence-corrected chi connectivity index (χ1v) is 15.2. The van der Waals surface area contributed by atoms with Crippen LogP contribution in [0, 0.1) is 0 Å². The molecule has 2 saturated heterocycles. The number of rotatable bonds is 9. The molecule has 2 fully saturated rings. The summed E-state index contributed by atoms with van der Waals surface area (Å²) in [7, 11) is -4.26. The molecular weight excluding hydrogens is 568 g/mol. The van der Waals surface area contributed by atoms with Crippen LogP contribution in [0.1, 0.15) is 29.1 Å². The molecule has 2 N–H and O–H groups in total. The summed E-state index contributed by atoms with van der Waals surface area (Å²) in [6.07, 6.45) is 0.325. The van der Waals surface area contributed by atoms with Crippen molar-refractivity contribution in [2.75, 3.05) is 51.0 Å². The van der Waals surface area contributed by atoms with Gasteiger partial charge in [0.2, 0.25) is 15.9 Å². The summed E-state index contributed by atoms with van der Waals surface area (Å²) in [5.74, 6) is -1.21. The highest BCUT2D eigenvalue weighted by molar-refractivity contribution is 7.89. The molecule has 0 bridgehead atoms. The minimum Gasteiger partial charge on any atom is -0.377 e. The number of ether oxygens (including phenoxy) is 2. The van der Waals surface area contributed by atoms with Gasteiger partial charge < -0.3 is 24.6 Å². The highest BCUT2D eigenvalue weighted by Gasteiger charge is 2.35. The molecule has 2 aromatic rings. The van der Waals surface area contributed by atoms with Gasteiger partial charge in [-0.1, -0.05) is 24.6 Å². The number of carbonyl (C=O) groups excluding carboxylic acids is 3. The van der Waals surface area contributed by atoms with Crippen LogP contribution in [0.15, 0.2) is 35.2 Å². The summed E-state index contributed by atoms with van der Waals surface area (Å²) in [5.41, 5.74) is 0.935. The van der Waals surface area contributed by atoms with E-state index in [2.05, 4.69) is 10.0 Å². The lowest BCUT2D eigenvalue weighted by molar-refractivity contribution is -0.140. The molecule has 0 saturated carbocycles. The minimum absolute atomic E-state index is 0.0361. The fraction of sp³-hybridized carbons (Fsp3) is 0.480. The highest BCUT2D eigenvalue weighted by Crippen LogP contribution is 2.29. The number of nitrogens with zero attached hydrogens (tertiary/aromatic N) is 2. The van der Waals surface area contributed by atoms with Crippen molar-refractivity contribution < 1.29 is 32.3 Å². The van der Waals surface area contributed by atoms with Crippen molar-refractivity contribution in [3.63, 3.8) is 0 Å². The largest absolute Gasteiger partial charge is 0.377 e. The van der Waals surface area contributed by atoms with Gasteiger partial charge in [-0.05, 0) is 43.2 Å². The number of sulfonamides is 1. The molecule has 1 aromatic heterocycles. The lowest BCUT2D eigenvalue weighted by atomic mass is 10.1. The molecule has 4 rings (SSSR count). The molecule has 3 amide bonds. The van der Waals surface area contributed by atoms with Gasteiger partial charge in [0.25, 0.3) is 11.8 Å². The van der Waals surface area contributed by atoms with Crippen LogP contribution >= 0.6 is 22.9 Å². The zero-order valence-electron chi connectivity index (χ0n) is 21.6. The number of amides is 3. The predicted octanol–water partition coefficient (Wildman–Crippen LogP) is 1.65. The zero-order chi connectivity index (χ0) is 28.2. The highest BCUT2D eigenvalue weighted by atomic mass is 35.5. The fourth-order valence-electron chi connectivity index (χ4n) is 4.59. The van der Waals surface area contributed by atoms with E-state index in [0.717, 1.165) is 11.3 Å². The van der Waals surface area contributed by atoms with Gasteiger partial charge in [0.15, 0.2) is 0 Å². The molecule has 0 spiro atoms. The quantitative estimate of drug-likeness (QED) is 0.448. The fourth-order valence-corrected chi connectivity index (χ4v) is 7.07. The van der Waals surface area contributed by atoms with Gasteiger partial charge in [-0.25, -0.2) is 8.42 Å². The number of thiophene rings is 1. The lowest BCUT2D eigenvalue weighted by Gasteiger charge is -2.36. The Hall–Kier alpha value is -2.55.